The number of nitrogens with zero attached hydrogens (tertiary/aromatic N) is 1. The lowest BCUT2D eigenvalue weighted by atomic mass is 9.84. The quantitative estimate of drug-likeness (QED) is 0.745. The minimum atomic E-state index is -5.08. The fourth-order valence-corrected chi connectivity index (χ4v) is 4.58. The van der Waals surface area contributed by atoms with E-state index in [0.717, 1.165) is 39.1 Å². The SMILES string of the molecule is O=C(NC[C@@H]1OC[C@@H]2CN(Cc3cccs3)CC[C@@H]21)C1CC1.O=C(O)C(F)(F)F. The van der Waals surface area contributed by atoms with Crippen LogP contribution < -0.4 is 5.32 Å². The van der Waals surface area contributed by atoms with Crippen molar-refractivity contribution >= 4 is 23.2 Å². The van der Waals surface area contributed by atoms with E-state index in [1.165, 1.54) is 11.3 Å². The third-order valence-corrected chi connectivity index (χ3v) is 6.37. The first-order chi connectivity index (χ1) is 13.7. The first-order valence-corrected chi connectivity index (χ1v) is 10.6. The zero-order chi connectivity index (χ0) is 21.0. The van der Waals surface area contributed by atoms with Gasteiger partial charge in [0.25, 0.3) is 0 Å². The predicted molar refractivity (Wildman–Crippen MR) is 100 cm³/mol. The minimum Gasteiger partial charge on any atom is -0.475 e. The average molecular weight is 434 g/mol. The van der Waals surface area contributed by atoms with Crippen LogP contribution in [0.1, 0.15) is 24.1 Å². The van der Waals surface area contributed by atoms with Gasteiger partial charge in [0.15, 0.2) is 0 Å². The smallest absolute Gasteiger partial charge is 0.475 e. The third-order valence-electron chi connectivity index (χ3n) is 5.51. The Morgan fingerprint density at radius 3 is 2.62 bits per heavy atom. The van der Waals surface area contributed by atoms with E-state index < -0.39 is 12.1 Å². The zero-order valence-corrected chi connectivity index (χ0v) is 16.7. The molecule has 1 amide bonds. The van der Waals surface area contributed by atoms with Crippen molar-refractivity contribution in [3.63, 3.8) is 0 Å². The highest BCUT2D eigenvalue weighted by atomic mass is 32.1. The van der Waals surface area contributed by atoms with Crippen molar-refractivity contribution in [2.75, 3.05) is 26.2 Å². The molecule has 2 N–H and O–H groups in total. The van der Waals surface area contributed by atoms with Gasteiger partial charge in [0.05, 0.1) is 12.7 Å². The van der Waals surface area contributed by atoms with Gasteiger partial charge in [-0.15, -0.1) is 11.3 Å². The highest BCUT2D eigenvalue weighted by molar-refractivity contribution is 7.09. The number of nitrogens with one attached hydrogen (secondary N) is 1. The molecule has 4 rings (SSSR count). The van der Waals surface area contributed by atoms with Crippen molar-refractivity contribution in [3.8, 4) is 0 Å². The number of carboxylic acid groups (broad SMARTS) is 1. The van der Waals surface area contributed by atoms with E-state index in [2.05, 4.69) is 27.7 Å². The summed E-state index contributed by atoms with van der Waals surface area (Å²) in [6.45, 7) is 4.92. The molecule has 162 valence electrons. The van der Waals surface area contributed by atoms with Crippen LogP contribution in [-0.4, -0.2) is 60.4 Å². The molecular weight excluding hydrogens is 409 g/mol. The number of carbonyl (C=O) groups is 2. The third kappa shape index (κ3) is 6.42. The molecule has 2 aliphatic heterocycles. The number of carboxylic acids is 1. The van der Waals surface area contributed by atoms with E-state index in [9.17, 15) is 18.0 Å². The van der Waals surface area contributed by atoms with Crippen LogP contribution in [0.5, 0.6) is 0 Å². The van der Waals surface area contributed by atoms with Crippen molar-refractivity contribution in [2.45, 2.75) is 38.1 Å². The van der Waals surface area contributed by atoms with Crippen LogP contribution in [0.15, 0.2) is 17.5 Å². The van der Waals surface area contributed by atoms with Gasteiger partial charge in [0.2, 0.25) is 5.91 Å². The molecule has 29 heavy (non-hydrogen) atoms. The molecule has 3 heterocycles. The molecule has 10 heteroatoms. The number of hydrogen-bond donors (Lipinski definition) is 2. The second-order valence-corrected chi connectivity index (χ2v) is 8.75. The van der Waals surface area contributed by atoms with Crippen LogP contribution >= 0.6 is 11.3 Å². The van der Waals surface area contributed by atoms with E-state index in [1.807, 2.05) is 11.3 Å². The van der Waals surface area contributed by atoms with E-state index in [4.69, 9.17) is 14.6 Å². The maximum atomic E-state index is 11.8. The lowest BCUT2D eigenvalue weighted by molar-refractivity contribution is -0.192. The number of amides is 1. The first kappa shape index (κ1) is 22.0. The van der Waals surface area contributed by atoms with Crippen molar-refractivity contribution in [2.24, 2.45) is 17.8 Å². The number of ether oxygens (including phenoxy) is 1. The summed E-state index contributed by atoms with van der Waals surface area (Å²) in [5.41, 5.74) is 0. The Bertz CT molecular complexity index is 694. The monoisotopic (exact) mass is 434 g/mol. The summed E-state index contributed by atoms with van der Waals surface area (Å²) in [6.07, 6.45) is -1.51. The summed E-state index contributed by atoms with van der Waals surface area (Å²) < 4.78 is 37.7. The Labute approximate surface area is 171 Å². The summed E-state index contributed by atoms with van der Waals surface area (Å²) >= 11 is 1.84. The number of piperidine rings is 1. The lowest BCUT2D eigenvalue weighted by Gasteiger charge is -2.35. The number of aliphatic carboxylic acids is 1. The Morgan fingerprint density at radius 1 is 1.31 bits per heavy atom. The summed E-state index contributed by atoms with van der Waals surface area (Å²) in [5, 5.41) is 12.4. The highest BCUT2D eigenvalue weighted by Crippen LogP contribution is 2.35. The maximum Gasteiger partial charge on any atom is 0.490 e. The van der Waals surface area contributed by atoms with Crippen LogP contribution in [0, 0.1) is 17.8 Å². The molecule has 0 spiro atoms. The molecule has 0 unspecified atom stereocenters. The number of hydrogen-bond acceptors (Lipinski definition) is 5. The van der Waals surface area contributed by atoms with E-state index in [0.29, 0.717) is 24.3 Å². The number of halogens is 3. The Morgan fingerprint density at radius 2 is 2.03 bits per heavy atom. The fraction of sp³-hybridized carbons (Fsp3) is 0.684. The summed E-state index contributed by atoms with van der Waals surface area (Å²) in [7, 11) is 0. The molecule has 0 radical (unpaired) electrons. The van der Waals surface area contributed by atoms with Gasteiger partial charge in [-0.3, -0.25) is 9.69 Å². The maximum absolute atomic E-state index is 11.8. The fourth-order valence-electron chi connectivity index (χ4n) is 3.83. The number of thiophene rings is 1. The molecule has 1 aromatic rings. The van der Waals surface area contributed by atoms with Gasteiger partial charge in [0, 0.05) is 36.3 Å². The molecular formula is C19H25F3N2O4S. The number of alkyl halides is 3. The van der Waals surface area contributed by atoms with Gasteiger partial charge < -0.3 is 15.2 Å². The number of carbonyl (C=O) groups excluding carboxylic acids is 1. The Kier molecular flexibility index (Phi) is 7.18. The van der Waals surface area contributed by atoms with Crippen molar-refractivity contribution in [3.05, 3.63) is 22.4 Å². The van der Waals surface area contributed by atoms with Crippen molar-refractivity contribution in [1.82, 2.24) is 10.2 Å². The standard InChI is InChI=1S/C17H24N2O2S.C2HF3O2/c20-17(12-3-4-12)18-8-16-15-5-6-19(9-13(15)11-21-16)10-14-2-1-7-22-14;3-2(4,5)1(6)7/h1-2,7,12-13,15-16H,3-6,8-11H2,(H,18,20);(H,6,7)/t13-,15-,16-;/m0./s1. The molecule has 1 aliphatic carbocycles. The van der Waals surface area contributed by atoms with E-state index in [1.54, 1.807) is 0 Å². The second kappa shape index (κ2) is 9.44. The van der Waals surface area contributed by atoms with Crippen LogP contribution in [0.4, 0.5) is 13.2 Å². The van der Waals surface area contributed by atoms with Gasteiger partial charge in [-0.1, -0.05) is 6.07 Å². The molecule has 3 aliphatic rings. The molecule has 3 atom stereocenters. The van der Waals surface area contributed by atoms with Gasteiger partial charge >= 0.3 is 12.1 Å². The number of fused-ring (bicyclic) bond motifs is 1. The van der Waals surface area contributed by atoms with Crippen molar-refractivity contribution < 1.29 is 32.6 Å². The topological polar surface area (TPSA) is 78.9 Å². The molecule has 3 fully saturated rings. The van der Waals surface area contributed by atoms with Gasteiger partial charge in [-0.25, -0.2) is 4.79 Å². The van der Waals surface area contributed by atoms with E-state index in [-0.39, 0.29) is 12.0 Å². The molecule has 0 aromatic carbocycles. The number of rotatable bonds is 5. The first-order valence-electron chi connectivity index (χ1n) is 9.68. The van der Waals surface area contributed by atoms with Crippen LogP contribution in [-0.2, 0) is 20.9 Å². The molecule has 1 aromatic heterocycles. The van der Waals surface area contributed by atoms with E-state index >= 15 is 0 Å². The molecule has 1 saturated carbocycles. The summed E-state index contributed by atoms with van der Waals surface area (Å²) in [6, 6.07) is 4.35. The minimum absolute atomic E-state index is 0.233. The lowest BCUT2D eigenvalue weighted by Crippen LogP contribution is -2.43. The highest BCUT2D eigenvalue weighted by Gasteiger charge is 2.41. The largest absolute Gasteiger partial charge is 0.490 e. The Balaban J connectivity index is 0.000000298. The summed E-state index contributed by atoms with van der Waals surface area (Å²) in [5.74, 6) is -0.963. The average Bonchev–Trinajstić information content (AvgIpc) is 3.25. The van der Waals surface area contributed by atoms with Crippen molar-refractivity contribution in [1.29, 1.82) is 0 Å². The van der Waals surface area contributed by atoms with Gasteiger partial charge in [-0.05, 0) is 43.2 Å². The van der Waals surface area contributed by atoms with Crippen LogP contribution in [0.2, 0.25) is 0 Å². The Hall–Kier alpha value is -1.65. The van der Waals surface area contributed by atoms with Crippen LogP contribution in [0.25, 0.3) is 0 Å². The zero-order valence-electron chi connectivity index (χ0n) is 15.9. The summed E-state index contributed by atoms with van der Waals surface area (Å²) in [4.78, 5) is 24.7. The molecule has 6 nitrogen and oxygen atoms in total. The predicted octanol–water partition coefficient (Wildman–Crippen LogP) is 2.74. The van der Waals surface area contributed by atoms with Gasteiger partial charge in [-0.2, -0.15) is 13.2 Å². The number of likely N-dealkylation sites (tertiary alicyclic amines) is 1. The molecule has 0 bridgehead atoms. The molecule has 2 saturated heterocycles. The normalized spacial score (nSPS) is 26.9. The second-order valence-electron chi connectivity index (χ2n) is 7.72. The van der Waals surface area contributed by atoms with Crippen LogP contribution in [0.3, 0.4) is 0 Å². The van der Waals surface area contributed by atoms with Gasteiger partial charge in [0.1, 0.15) is 0 Å².